The van der Waals surface area contributed by atoms with Gasteiger partial charge in [0, 0.05) is 42.4 Å². The number of para-hydroxylation sites is 1. The molecule has 6 heteroatoms. The Kier molecular flexibility index (Phi) is 5.62. The van der Waals surface area contributed by atoms with Gasteiger partial charge in [0.05, 0.1) is 11.1 Å². The van der Waals surface area contributed by atoms with Gasteiger partial charge in [-0.25, -0.2) is 4.79 Å². The van der Waals surface area contributed by atoms with Crippen LogP contribution in [0.5, 0.6) is 0 Å². The lowest BCUT2D eigenvalue weighted by atomic mass is 9.95. The summed E-state index contributed by atoms with van der Waals surface area (Å²) in [5, 5.41) is 0.764. The first-order valence-corrected chi connectivity index (χ1v) is 9.91. The average molecular weight is 389 g/mol. The number of hydrogen-bond donors (Lipinski definition) is 0. The van der Waals surface area contributed by atoms with Crippen LogP contribution >= 0.6 is 0 Å². The van der Waals surface area contributed by atoms with Gasteiger partial charge in [-0.2, -0.15) is 0 Å². The highest BCUT2D eigenvalue weighted by molar-refractivity contribution is 6.06. The number of esters is 1. The van der Waals surface area contributed by atoms with E-state index in [1.54, 1.807) is 24.4 Å². The highest BCUT2D eigenvalue weighted by Gasteiger charge is 2.26. The summed E-state index contributed by atoms with van der Waals surface area (Å²) in [4.78, 5) is 36.5. The fraction of sp³-hybridized carbons (Fsp3) is 0.304. The topological polar surface area (TPSA) is 72.4 Å². The predicted molar refractivity (Wildman–Crippen MR) is 110 cm³/mol. The van der Waals surface area contributed by atoms with E-state index in [0.29, 0.717) is 12.1 Å². The molecule has 0 unspecified atom stereocenters. The molecule has 0 spiro atoms. The molecular formula is C23H23N3O3. The third-order valence-corrected chi connectivity index (χ3v) is 5.15. The quantitative estimate of drug-likeness (QED) is 0.475. The molecule has 0 amide bonds. The molecule has 1 aromatic carbocycles. The number of carbonyl (C=O) groups is 2. The number of aromatic nitrogens is 2. The van der Waals surface area contributed by atoms with Gasteiger partial charge in [-0.15, -0.1) is 0 Å². The minimum Gasteiger partial charge on any atom is -0.454 e. The number of rotatable bonds is 6. The molecule has 0 radical (unpaired) electrons. The normalized spacial score (nSPS) is 13.8. The van der Waals surface area contributed by atoms with Gasteiger partial charge in [-0.1, -0.05) is 31.2 Å². The lowest BCUT2D eigenvalue weighted by molar-refractivity contribution is 0.0472. The molecular weight excluding hydrogens is 366 g/mol. The fourth-order valence-electron chi connectivity index (χ4n) is 3.79. The lowest BCUT2D eigenvalue weighted by Gasteiger charge is -2.29. The molecule has 0 N–H and O–H groups in total. The van der Waals surface area contributed by atoms with Crippen molar-refractivity contribution in [3.8, 4) is 0 Å². The standard InChI is InChI=1S/C23H23N3O3/c1-2-12-26-13-10-19-17(14-26)22(16-7-3-4-8-18(16)25-19)23(28)29-15-21(27)20-9-5-6-11-24-20/h3-9,11H,2,10,12-15H2,1H3. The largest absolute Gasteiger partial charge is 0.454 e. The Labute approximate surface area is 169 Å². The van der Waals surface area contributed by atoms with Gasteiger partial charge >= 0.3 is 5.97 Å². The van der Waals surface area contributed by atoms with E-state index in [-0.39, 0.29) is 18.1 Å². The molecule has 2 aromatic heterocycles. The minimum absolute atomic E-state index is 0.288. The first-order chi connectivity index (χ1) is 14.2. The Bertz CT molecular complexity index is 1050. The molecule has 0 bridgehead atoms. The zero-order chi connectivity index (χ0) is 20.2. The zero-order valence-electron chi connectivity index (χ0n) is 16.4. The van der Waals surface area contributed by atoms with E-state index in [1.165, 1.54) is 0 Å². The molecule has 6 nitrogen and oxygen atoms in total. The predicted octanol–water partition coefficient (Wildman–Crippen LogP) is 3.44. The van der Waals surface area contributed by atoms with Gasteiger partial charge in [-0.05, 0) is 31.2 Å². The van der Waals surface area contributed by atoms with Crippen molar-refractivity contribution in [1.29, 1.82) is 0 Å². The maximum atomic E-state index is 13.1. The van der Waals surface area contributed by atoms with Crippen molar-refractivity contribution >= 4 is 22.7 Å². The molecule has 1 aliphatic rings. The van der Waals surface area contributed by atoms with Gasteiger partial charge in [0.2, 0.25) is 5.78 Å². The van der Waals surface area contributed by atoms with Crippen LogP contribution in [0, 0.1) is 0 Å². The molecule has 0 saturated carbocycles. The van der Waals surface area contributed by atoms with Gasteiger partial charge < -0.3 is 4.74 Å². The third kappa shape index (κ3) is 4.03. The van der Waals surface area contributed by atoms with Crippen LogP contribution in [0.15, 0.2) is 48.7 Å². The van der Waals surface area contributed by atoms with Crippen LogP contribution in [0.4, 0.5) is 0 Å². The molecule has 0 atom stereocenters. The van der Waals surface area contributed by atoms with Gasteiger partial charge in [0.25, 0.3) is 0 Å². The number of benzene rings is 1. The molecule has 3 heterocycles. The van der Waals surface area contributed by atoms with Gasteiger partial charge in [0.1, 0.15) is 5.69 Å². The van der Waals surface area contributed by atoms with Crippen molar-refractivity contribution in [2.75, 3.05) is 19.7 Å². The van der Waals surface area contributed by atoms with E-state index >= 15 is 0 Å². The first kappa shape index (κ1) is 19.2. The zero-order valence-corrected chi connectivity index (χ0v) is 16.4. The summed E-state index contributed by atoms with van der Waals surface area (Å²) in [6, 6.07) is 12.7. The number of hydrogen-bond acceptors (Lipinski definition) is 6. The number of ketones is 1. The second kappa shape index (κ2) is 8.49. The molecule has 3 aromatic rings. The van der Waals surface area contributed by atoms with Crippen molar-refractivity contribution in [3.05, 3.63) is 71.2 Å². The van der Waals surface area contributed by atoms with E-state index < -0.39 is 5.97 Å². The number of ether oxygens (including phenoxy) is 1. The second-order valence-electron chi connectivity index (χ2n) is 7.17. The molecule has 148 valence electrons. The molecule has 0 fully saturated rings. The molecule has 4 rings (SSSR count). The van der Waals surface area contributed by atoms with Crippen molar-refractivity contribution in [1.82, 2.24) is 14.9 Å². The third-order valence-electron chi connectivity index (χ3n) is 5.15. The average Bonchev–Trinajstić information content (AvgIpc) is 2.76. The Morgan fingerprint density at radius 2 is 1.97 bits per heavy atom. The Hall–Kier alpha value is -3.12. The molecule has 0 aliphatic carbocycles. The van der Waals surface area contributed by atoms with E-state index in [0.717, 1.165) is 48.1 Å². The van der Waals surface area contributed by atoms with E-state index in [9.17, 15) is 9.59 Å². The lowest BCUT2D eigenvalue weighted by Crippen LogP contribution is -2.33. The second-order valence-corrected chi connectivity index (χ2v) is 7.17. The SMILES string of the molecule is CCCN1CCc2nc3ccccc3c(C(=O)OCC(=O)c3ccccn3)c2C1. The van der Waals surface area contributed by atoms with Crippen LogP contribution in [0.3, 0.4) is 0 Å². The van der Waals surface area contributed by atoms with Gasteiger partial charge in [0.15, 0.2) is 6.61 Å². The highest BCUT2D eigenvalue weighted by atomic mass is 16.5. The fourth-order valence-corrected chi connectivity index (χ4v) is 3.79. The number of fused-ring (bicyclic) bond motifs is 2. The van der Waals surface area contributed by atoms with Crippen LogP contribution in [0.2, 0.25) is 0 Å². The summed E-state index contributed by atoms with van der Waals surface area (Å²) in [5.74, 6) is -0.804. The van der Waals surface area contributed by atoms with Gasteiger partial charge in [-0.3, -0.25) is 19.7 Å². The smallest absolute Gasteiger partial charge is 0.339 e. The van der Waals surface area contributed by atoms with Crippen LogP contribution in [-0.4, -0.2) is 46.3 Å². The Balaban J connectivity index is 1.65. The first-order valence-electron chi connectivity index (χ1n) is 9.91. The highest BCUT2D eigenvalue weighted by Crippen LogP contribution is 2.29. The Morgan fingerprint density at radius 1 is 1.14 bits per heavy atom. The van der Waals surface area contributed by atoms with Crippen molar-refractivity contribution < 1.29 is 14.3 Å². The number of pyridine rings is 2. The maximum absolute atomic E-state index is 13.1. The number of Topliss-reactive ketones (excluding diaryl/α,β-unsaturated/α-hetero) is 1. The summed E-state index contributed by atoms with van der Waals surface area (Å²) >= 11 is 0. The van der Waals surface area contributed by atoms with Crippen LogP contribution in [-0.2, 0) is 17.7 Å². The minimum atomic E-state index is -0.484. The van der Waals surface area contributed by atoms with E-state index in [1.807, 2.05) is 24.3 Å². The summed E-state index contributed by atoms with van der Waals surface area (Å²) < 4.78 is 5.44. The summed E-state index contributed by atoms with van der Waals surface area (Å²) in [6.07, 6.45) is 3.39. The number of nitrogens with zero attached hydrogens (tertiary/aromatic N) is 3. The van der Waals surface area contributed by atoms with Crippen molar-refractivity contribution in [3.63, 3.8) is 0 Å². The Morgan fingerprint density at radius 3 is 2.76 bits per heavy atom. The molecule has 0 saturated heterocycles. The molecule has 29 heavy (non-hydrogen) atoms. The van der Waals surface area contributed by atoms with Crippen LogP contribution in [0.25, 0.3) is 10.9 Å². The van der Waals surface area contributed by atoms with Crippen LogP contribution in [0.1, 0.15) is 45.4 Å². The summed E-state index contributed by atoms with van der Waals surface area (Å²) in [5.41, 5.74) is 3.45. The number of carbonyl (C=O) groups excluding carboxylic acids is 2. The van der Waals surface area contributed by atoms with E-state index in [4.69, 9.17) is 9.72 Å². The maximum Gasteiger partial charge on any atom is 0.339 e. The van der Waals surface area contributed by atoms with Crippen molar-refractivity contribution in [2.24, 2.45) is 0 Å². The molecule has 1 aliphatic heterocycles. The summed E-state index contributed by atoms with van der Waals surface area (Å²) in [6.45, 7) is 4.38. The van der Waals surface area contributed by atoms with Crippen LogP contribution < -0.4 is 0 Å². The monoisotopic (exact) mass is 389 g/mol. The van der Waals surface area contributed by atoms with E-state index in [2.05, 4.69) is 16.8 Å². The van der Waals surface area contributed by atoms with Crippen molar-refractivity contribution in [2.45, 2.75) is 26.3 Å². The summed E-state index contributed by atoms with van der Waals surface area (Å²) in [7, 11) is 0.